The molecule has 1 amide bonds. The first-order valence-corrected chi connectivity index (χ1v) is 15.7. The molecule has 204 valence electrons. The molecule has 1 aliphatic heterocycles. The molecule has 38 heavy (non-hydrogen) atoms. The molecule has 3 aromatic rings. The molecule has 0 spiro atoms. The Bertz CT molecular complexity index is 1660. The Labute approximate surface area is 224 Å². The maximum atomic E-state index is 13.2. The minimum atomic E-state index is -3.97. The average Bonchev–Trinajstić information content (AvgIpc) is 3.23. The van der Waals surface area contributed by atoms with Crippen LogP contribution in [0.3, 0.4) is 0 Å². The van der Waals surface area contributed by atoms with E-state index < -0.39 is 31.9 Å². The Morgan fingerprint density at radius 2 is 1.76 bits per heavy atom. The molecule has 14 heteroatoms. The van der Waals surface area contributed by atoms with Crippen LogP contribution < -0.4 is 9.94 Å². The highest BCUT2D eigenvalue weighted by Crippen LogP contribution is 2.27. The summed E-state index contributed by atoms with van der Waals surface area (Å²) in [5.74, 6) is -1.25. The van der Waals surface area contributed by atoms with Crippen molar-refractivity contribution in [2.75, 3.05) is 13.7 Å². The standard InChI is InChI=1S/C24H28N4O7S3/c1-3-17-6-4-5-13-28(17)38(33,34)18-9-7-16(8-10-18)23(30)26-24-27(15-22(29)35-2)20-12-11-19(37(25,31)32)14-21(20)36-24/h7-12,14,17H,3-6,13,15H2,1-2H3,(H2,25,31,32). The number of piperidine rings is 1. The second-order valence-electron chi connectivity index (χ2n) is 8.84. The molecule has 1 aromatic heterocycles. The summed E-state index contributed by atoms with van der Waals surface area (Å²) in [5.41, 5.74) is 0.620. The van der Waals surface area contributed by atoms with Gasteiger partial charge < -0.3 is 9.30 Å². The van der Waals surface area contributed by atoms with Crippen LogP contribution in [0.15, 0.2) is 57.2 Å². The van der Waals surface area contributed by atoms with Crippen LogP contribution in [0, 0.1) is 0 Å². The largest absolute Gasteiger partial charge is 0.468 e. The number of benzene rings is 2. The van der Waals surface area contributed by atoms with Crippen molar-refractivity contribution in [3.8, 4) is 0 Å². The molecule has 4 rings (SSSR count). The number of aromatic nitrogens is 1. The van der Waals surface area contributed by atoms with E-state index in [9.17, 15) is 26.4 Å². The predicted octanol–water partition coefficient (Wildman–Crippen LogP) is 2.22. The number of thiazole rings is 1. The van der Waals surface area contributed by atoms with Gasteiger partial charge in [-0.15, -0.1) is 0 Å². The highest BCUT2D eigenvalue weighted by molar-refractivity contribution is 7.89. The van der Waals surface area contributed by atoms with Crippen molar-refractivity contribution in [3.63, 3.8) is 0 Å². The van der Waals surface area contributed by atoms with Crippen molar-refractivity contribution in [3.05, 3.63) is 52.8 Å². The fraction of sp³-hybridized carbons (Fsp3) is 0.375. The van der Waals surface area contributed by atoms with Crippen molar-refractivity contribution in [1.29, 1.82) is 0 Å². The maximum absolute atomic E-state index is 13.2. The van der Waals surface area contributed by atoms with Crippen molar-refractivity contribution in [2.45, 2.75) is 55.0 Å². The molecule has 1 saturated heterocycles. The van der Waals surface area contributed by atoms with E-state index in [2.05, 4.69) is 4.99 Å². The Hall–Kier alpha value is -2.91. The van der Waals surface area contributed by atoms with Crippen LogP contribution in [0.1, 0.15) is 43.0 Å². The number of rotatable bonds is 7. The summed E-state index contributed by atoms with van der Waals surface area (Å²) in [6, 6.07) is 9.67. The highest BCUT2D eigenvalue weighted by Gasteiger charge is 2.32. The number of hydrogen-bond donors (Lipinski definition) is 1. The van der Waals surface area contributed by atoms with Crippen LogP contribution in [0.2, 0.25) is 0 Å². The van der Waals surface area contributed by atoms with Crippen LogP contribution in [0.25, 0.3) is 10.2 Å². The van der Waals surface area contributed by atoms with E-state index in [1.165, 1.54) is 54.1 Å². The first-order chi connectivity index (χ1) is 18.0. The van der Waals surface area contributed by atoms with E-state index in [0.29, 0.717) is 16.8 Å². The molecule has 2 aromatic carbocycles. The molecule has 2 heterocycles. The van der Waals surface area contributed by atoms with Crippen molar-refractivity contribution >= 4 is 53.5 Å². The van der Waals surface area contributed by atoms with E-state index in [-0.39, 0.29) is 32.7 Å². The molecule has 2 N–H and O–H groups in total. The van der Waals surface area contributed by atoms with E-state index >= 15 is 0 Å². The Morgan fingerprint density at radius 1 is 1.08 bits per heavy atom. The molecule has 1 atom stereocenters. The maximum Gasteiger partial charge on any atom is 0.325 e. The number of carbonyl (C=O) groups is 2. The lowest BCUT2D eigenvalue weighted by molar-refractivity contribution is -0.141. The molecule has 0 bridgehead atoms. The summed E-state index contributed by atoms with van der Waals surface area (Å²) in [6.45, 7) is 2.18. The first-order valence-electron chi connectivity index (χ1n) is 11.9. The highest BCUT2D eigenvalue weighted by atomic mass is 32.2. The van der Waals surface area contributed by atoms with E-state index in [1.807, 2.05) is 6.92 Å². The van der Waals surface area contributed by atoms with E-state index in [1.54, 1.807) is 4.31 Å². The first kappa shape index (κ1) is 28.1. The van der Waals surface area contributed by atoms with Gasteiger partial charge in [-0.05, 0) is 61.7 Å². The number of methoxy groups -OCH3 is 1. The number of sulfonamides is 2. The number of fused-ring (bicyclic) bond motifs is 1. The fourth-order valence-electron chi connectivity index (χ4n) is 4.42. The summed E-state index contributed by atoms with van der Waals surface area (Å²) < 4.78 is 58.2. The Morgan fingerprint density at radius 3 is 2.39 bits per heavy atom. The lowest BCUT2D eigenvalue weighted by atomic mass is 10.0. The Balaban J connectivity index is 1.70. The van der Waals surface area contributed by atoms with Crippen LogP contribution >= 0.6 is 11.3 Å². The predicted molar refractivity (Wildman–Crippen MR) is 141 cm³/mol. The van der Waals surface area contributed by atoms with Gasteiger partial charge in [-0.25, -0.2) is 22.0 Å². The number of esters is 1. The number of nitrogens with two attached hydrogens (primary N) is 1. The summed E-state index contributed by atoms with van der Waals surface area (Å²) in [6.07, 6.45) is 3.36. The van der Waals surface area contributed by atoms with Gasteiger partial charge >= 0.3 is 5.97 Å². The summed E-state index contributed by atoms with van der Waals surface area (Å²) in [5, 5.41) is 5.23. The average molecular weight is 581 g/mol. The van der Waals surface area contributed by atoms with Crippen molar-refractivity contribution in [1.82, 2.24) is 8.87 Å². The van der Waals surface area contributed by atoms with Crippen molar-refractivity contribution < 1.29 is 31.2 Å². The molecular formula is C24H28N4O7S3. The zero-order valence-corrected chi connectivity index (χ0v) is 23.3. The van der Waals surface area contributed by atoms with Gasteiger partial charge in [0.1, 0.15) is 6.54 Å². The van der Waals surface area contributed by atoms with E-state index in [0.717, 1.165) is 37.0 Å². The molecule has 11 nitrogen and oxygen atoms in total. The topological polar surface area (TPSA) is 158 Å². The number of hydrogen-bond acceptors (Lipinski definition) is 8. The SMILES string of the molecule is CCC1CCCCN1S(=O)(=O)c1ccc(C(=O)N=c2sc3cc(S(N)(=O)=O)ccc3n2CC(=O)OC)cc1. The van der Waals surface area contributed by atoms with Gasteiger partial charge in [0.05, 0.1) is 27.1 Å². The lowest BCUT2D eigenvalue weighted by Crippen LogP contribution is -2.43. The molecule has 1 aliphatic rings. The van der Waals surface area contributed by atoms with Gasteiger partial charge in [-0.3, -0.25) is 9.59 Å². The molecule has 1 fully saturated rings. The number of primary sulfonamides is 1. The molecule has 0 radical (unpaired) electrons. The minimum absolute atomic E-state index is 0.0435. The van der Waals surface area contributed by atoms with Crippen LogP contribution in [-0.4, -0.2) is 57.3 Å². The van der Waals surface area contributed by atoms with E-state index in [4.69, 9.17) is 9.88 Å². The summed E-state index contributed by atoms with van der Waals surface area (Å²) in [7, 11) is -6.45. The monoisotopic (exact) mass is 580 g/mol. The number of nitrogens with zero attached hydrogens (tertiary/aromatic N) is 3. The molecular weight excluding hydrogens is 552 g/mol. The second kappa shape index (κ2) is 11.1. The third-order valence-corrected chi connectivity index (χ3v) is 10.4. The van der Waals surface area contributed by atoms with Gasteiger partial charge in [0, 0.05) is 18.2 Å². The summed E-state index contributed by atoms with van der Waals surface area (Å²) >= 11 is 1.00. The van der Waals surface area contributed by atoms with Crippen LogP contribution in [0.4, 0.5) is 0 Å². The van der Waals surface area contributed by atoms with Crippen LogP contribution in [0.5, 0.6) is 0 Å². The molecule has 0 aliphatic carbocycles. The van der Waals surface area contributed by atoms with Crippen molar-refractivity contribution in [2.24, 2.45) is 10.1 Å². The second-order valence-corrected chi connectivity index (χ2v) is 13.3. The zero-order valence-electron chi connectivity index (χ0n) is 20.9. The molecule has 1 unspecified atom stereocenters. The minimum Gasteiger partial charge on any atom is -0.468 e. The van der Waals surface area contributed by atoms with Gasteiger partial charge in [-0.1, -0.05) is 24.7 Å². The quantitative estimate of drug-likeness (QED) is 0.420. The smallest absolute Gasteiger partial charge is 0.325 e. The van der Waals surface area contributed by atoms with Crippen LogP contribution in [-0.2, 0) is 36.1 Å². The number of amides is 1. The zero-order chi connectivity index (χ0) is 27.7. The third-order valence-electron chi connectivity index (χ3n) is 6.45. The number of carbonyl (C=O) groups excluding carboxylic acids is 2. The third kappa shape index (κ3) is 5.73. The fourth-order valence-corrected chi connectivity index (χ4v) is 7.87. The van der Waals surface area contributed by atoms with Gasteiger partial charge in [0.25, 0.3) is 5.91 Å². The van der Waals surface area contributed by atoms with Gasteiger partial charge in [-0.2, -0.15) is 9.30 Å². The summed E-state index contributed by atoms with van der Waals surface area (Å²) in [4.78, 5) is 29.3. The Kier molecular flexibility index (Phi) is 8.18. The normalized spacial score (nSPS) is 17.6. The van der Waals surface area contributed by atoms with Gasteiger partial charge in [0.2, 0.25) is 20.0 Å². The number of ether oxygens (including phenoxy) is 1. The van der Waals surface area contributed by atoms with Gasteiger partial charge in [0.15, 0.2) is 4.80 Å². The molecule has 0 saturated carbocycles. The lowest BCUT2D eigenvalue weighted by Gasteiger charge is -2.34.